The van der Waals surface area contributed by atoms with E-state index in [1.165, 1.54) is 0 Å². The van der Waals surface area contributed by atoms with Crippen LogP contribution in [-0.2, 0) is 4.79 Å². The molecule has 0 aromatic heterocycles. The molecule has 1 heterocycles. The number of carboxylic acid groups (broad SMARTS) is 1. The van der Waals surface area contributed by atoms with Crippen LogP contribution < -0.4 is 4.90 Å². The van der Waals surface area contributed by atoms with Gasteiger partial charge in [0.2, 0.25) is 0 Å². The molecule has 0 bridgehead atoms. The molecule has 1 atom stereocenters. The monoisotopic (exact) mass is 205 g/mol. The van der Waals surface area contributed by atoms with Gasteiger partial charge in [0, 0.05) is 19.3 Å². The Morgan fingerprint density at radius 2 is 2.27 bits per heavy atom. The highest BCUT2D eigenvalue weighted by atomic mass is 16.4. The number of para-hydroxylation sites is 1. The fraction of sp³-hybridized carbons (Fsp3) is 0.417. The summed E-state index contributed by atoms with van der Waals surface area (Å²) in [5.74, 6) is -1.05. The van der Waals surface area contributed by atoms with Crippen LogP contribution in [0.4, 0.5) is 5.69 Å². The number of hydrogen-bond donors (Lipinski definition) is 1. The minimum absolute atomic E-state index is 0.337. The average Bonchev–Trinajstić information content (AvgIpc) is 2.17. The molecule has 0 spiro atoms. The Morgan fingerprint density at radius 1 is 1.53 bits per heavy atom. The number of fused-ring (bicyclic) bond motifs is 1. The normalized spacial score (nSPS) is 19.9. The molecule has 1 aliphatic rings. The summed E-state index contributed by atoms with van der Waals surface area (Å²) in [6.07, 6.45) is 0.697. The van der Waals surface area contributed by atoms with E-state index in [1.807, 2.05) is 32.2 Å². The van der Waals surface area contributed by atoms with Gasteiger partial charge in [-0.2, -0.15) is 0 Å². The van der Waals surface area contributed by atoms with Crippen molar-refractivity contribution in [2.75, 3.05) is 18.5 Å². The predicted octanol–water partition coefficient (Wildman–Crippen LogP) is 2.00. The van der Waals surface area contributed by atoms with E-state index in [0.29, 0.717) is 6.42 Å². The Hall–Kier alpha value is -1.51. The minimum atomic E-state index is -0.713. The molecule has 15 heavy (non-hydrogen) atoms. The van der Waals surface area contributed by atoms with Gasteiger partial charge in [-0.3, -0.25) is 4.79 Å². The van der Waals surface area contributed by atoms with Crippen molar-refractivity contribution in [2.24, 2.45) is 0 Å². The van der Waals surface area contributed by atoms with Crippen LogP contribution in [0.2, 0.25) is 0 Å². The molecule has 0 radical (unpaired) electrons. The van der Waals surface area contributed by atoms with Gasteiger partial charge < -0.3 is 10.0 Å². The van der Waals surface area contributed by atoms with Gasteiger partial charge in [0.05, 0.1) is 5.92 Å². The van der Waals surface area contributed by atoms with Gasteiger partial charge in [0.15, 0.2) is 0 Å². The molecule has 3 nitrogen and oxygen atoms in total. The Morgan fingerprint density at radius 3 is 2.93 bits per heavy atom. The molecular weight excluding hydrogens is 190 g/mol. The third-order valence-electron chi connectivity index (χ3n) is 3.08. The molecule has 1 N–H and O–H groups in total. The molecule has 0 aliphatic carbocycles. The lowest BCUT2D eigenvalue weighted by Crippen LogP contribution is -2.30. The average molecular weight is 205 g/mol. The summed E-state index contributed by atoms with van der Waals surface area (Å²) < 4.78 is 0. The van der Waals surface area contributed by atoms with Gasteiger partial charge in [-0.1, -0.05) is 18.2 Å². The van der Waals surface area contributed by atoms with E-state index in [4.69, 9.17) is 5.11 Å². The quantitative estimate of drug-likeness (QED) is 0.762. The molecule has 80 valence electrons. The number of nitrogens with zero attached hydrogens (tertiary/aromatic N) is 1. The first-order chi connectivity index (χ1) is 7.11. The fourth-order valence-electron chi connectivity index (χ4n) is 2.33. The maximum atomic E-state index is 11.1. The molecule has 0 saturated heterocycles. The lowest BCUT2D eigenvalue weighted by atomic mass is 9.88. The molecular formula is C12H15NO2. The number of carbonyl (C=O) groups is 1. The third-order valence-corrected chi connectivity index (χ3v) is 3.08. The van der Waals surface area contributed by atoms with Crippen LogP contribution in [0.5, 0.6) is 0 Å². The largest absolute Gasteiger partial charge is 0.481 e. The summed E-state index contributed by atoms with van der Waals surface area (Å²) >= 11 is 0. The summed E-state index contributed by atoms with van der Waals surface area (Å²) in [5, 5.41) is 9.14. The summed E-state index contributed by atoms with van der Waals surface area (Å²) in [6.45, 7) is 2.84. The number of anilines is 1. The maximum absolute atomic E-state index is 11.1. The summed E-state index contributed by atoms with van der Waals surface area (Å²) in [4.78, 5) is 13.3. The van der Waals surface area contributed by atoms with E-state index >= 15 is 0 Å². The zero-order chi connectivity index (χ0) is 11.0. The highest BCUT2D eigenvalue weighted by molar-refractivity contribution is 5.81. The molecule has 0 fully saturated rings. The lowest BCUT2D eigenvalue weighted by Gasteiger charge is -2.32. The highest BCUT2D eigenvalue weighted by Crippen LogP contribution is 2.36. The van der Waals surface area contributed by atoms with Gasteiger partial charge in [0.25, 0.3) is 0 Å². The molecule has 1 aromatic carbocycles. The fourth-order valence-corrected chi connectivity index (χ4v) is 2.33. The van der Waals surface area contributed by atoms with Crippen LogP contribution in [0.3, 0.4) is 0 Å². The topological polar surface area (TPSA) is 40.5 Å². The van der Waals surface area contributed by atoms with Crippen molar-refractivity contribution in [1.29, 1.82) is 0 Å². The number of carboxylic acids is 1. The molecule has 0 saturated carbocycles. The van der Waals surface area contributed by atoms with Crippen LogP contribution in [0.1, 0.15) is 23.5 Å². The Labute approximate surface area is 89.3 Å². The second-order valence-electron chi connectivity index (χ2n) is 4.11. The van der Waals surface area contributed by atoms with Gasteiger partial charge in [-0.15, -0.1) is 0 Å². The zero-order valence-electron chi connectivity index (χ0n) is 9.03. The van der Waals surface area contributed by atoms with E-state index in [9.17, 15) is 4.79 Å². The van der Waals surface area contributed by atoms with Gasteiger partial charge in [0.1, 0.15) is 0 Å². The predicted molar refractivity (Wildman–Crippen MR) is 59.4 cm³/mol. The minimum Gasteiger partial charge on any atom is -0.481 e. The number of aliphatic carboxylic acids is 1. The van der Waals surface area contributed by atoms with Gasteiger partial charge in [-0.05, 0) is 24.5 Å². The van der Waals surface area contributed by atoms with Crippen LogP contribution in [0, 0.1) is 6.92 Å². The molecule has 1 unspecified atom stereocenters. The lowest BCUT2D eigenvalue weighted by molar-refractivity contribution is -0.139. The number of rotatable bonds is 1. The van der Waals surface area contributed by atoms with E-state index in [1.54, 1.807) is 0 Å². The summed E-state index contributed by atoms with van der Waals surface area (Å²) in [7, 11) is 2.02. The first-order valence-electron chi connectivity index (χ1n) is 5.14. The SMILES string of the molecule is Cc1cccc2c1N(C)CCC2C(=O)O. The van der Waals surface area contributed by atoms with Crippen molar-refractivity contribution in [2.45, 2.75) is 19.3 Å². The molecule has 2 rings (SSSR count). The van der Waals surface area contributed by atoms with Crippen LogP contribution >= 0.6 is 0 Å². The van der Waals surface area contributed by atoms with Crippen molar-refractivity contribution in [3.8, 4) is 0 Å². The van der Waals surface area contributed by atoms with E-state index in [-0.39, 0.29) is 5.92 Å². The van der Waals surface area contributed by atoms with Crippen LogP contribution in [0.25, 0.3) is 0 Å². The number of aryl methyl sites for hydroxylation is 1. The van der Waals surface area contributed by atoms with Crippen molar-refractivity contribution < 1.29 is 9.90 Å². The second kappa shape index (κ2) is 3.57. The second-order valence-corrected chi connectivity index (χ2v) is 4.11. The van der Waals surface area contributed by atoms with Crippen molar-refractivity contribution in [3.05, 3.63) is 29.3 Å². The van der Waals surface area contributed by atoms with Crippen molar-refractivity contribution >= 4 is 11.7 Å². The Balaban J connectivity index is 2.55. The molecule has 0 amide bonds. The summed E-state index contributed by atoms with van der Waals surface area (Å²) in [6, 6.07) is 5.89. The Kier molecular flexibility index (Phi) is 2.39. The first kappa shape index (κ1) is 10.0. The zero-order valence-corrected chi connectivity index (χ0v) is 9.03. The number of benzene rings is 1. The van der Waals surface area contributed by atoms with E-state index in [2.05, 4.69) is 4.90 Å². The van der Waals surface area contributed by atoms with Gasteiger partial charge in [-0.25, -0.2) is 0 Å². The standard InChI is InChI=1S/C12H15NO2/c1-8-4-3-5-9-10(12(14)15)6-7-13(2)11(8)9/h3-5,10H,6-7H2,1-2H3,(H,14,15). The molecule has 3 heteroatoms. The first-order valence-corrected chi connectivity index (χ1v) is 5.14. The summed E-state index contributed by atoms with van der Waals surface area (Å²) in [5.41, 5.74) is 3.20. The maximum Gasteiger partial charge on any atom is 0.311 e. The van der Waals surface area contributed by atoms with Crippen LogP contribution in [0.15, 0.2) is 18.2 Å². The van der Waals surface area contributed by atoms with Crippen LogP contribution in [-0.4, -0.2) is 24.7 Å². The number of hydrogen-bond acceptors (Lipinski definition) is 2. The van der Waals surface area contributed by atoms with Gasteiger partial charge >= 0.3 is 5.97 Å². The molecule has 1 aliphatic heterocycles. The van der Waals surface area contributed by atoms with E-state index < -0.39 is 5.97 Å². The smallest absolute Gasteiger partial charge is 0.311 e. The van der Waals surface area contributed by atoms with Crippen molar-refractivity contribution in [3.63, 3.8) is 0 Å². The van der Waals surface area contributed by atoms with Crippen molar-refractivity contribution in [1.82, 2.24) is 0 Å². The Bertz CT molecular complexity index is 401. The molecule has 1 aromatic rings. The van der Waals surface area contributed by atoms with E-state index in [0.717, 1.165) is 23.4 Å². The highest BCUT2D eigenvalue weighted by Gasteiger charge is 2.29. The third kappa shape index (κ3) is 1.58.